The van der Waals surface area contributed by atoms with E-state index in [1.54, 1.807) is 0 Å². The highest BCUT2D eigenvalue weighted by molar-refractivity contribution is 7.86. The molecule has 0 heterocycles. The lowest BCUT2D eigenvalue weighted by atomic mass is 10.0. The summed E-state index contributed by atoms with van der Waals surface area (Å²) in [7, 11) is -3.88. The zero-order chi connectivity index (χ0) is 19.7. The molecule has 0 saturated heterocycles. The molecule has 0 saturated carbocycles. The summed E-state index contributed by atoms with van der Waals surface area (Å²) in [4.78, 5) is 0. The lowest BCUT2D eigenvalue weighted by Crippen LogP contribution is -2.20. The number of hydrogen-bond acceptors (Lipinski definition) is 3. The van der Waals surface area contributed by atoms with Gasteiger partial charge in [-0.15, -0.1) is 0 Å². The first-order valence-corrected chi connectivity index (χ1v) is 12.6. The normalized spacial score (nSPS) is 14.5. The van der Waals surface area contributed by atoms with Crippen molar-refractivity contribution < 1.29 is 18.1 Å². The van der Waals surface area contributed by atoms with Gasteiger partial charge in [0.25, 0.3) is 10.1 Å². The van der Waals surface area contributed by atoms with E-state index in [0.717, 1.165) is 64.2 Å². The van der Waals surface area contributed by atoms with E-state index < -0.39 is 15.4 Å². The molecule has 2 unspecified atom stereocenters. The lowest BCUT2D eigenvalue weighted by Gasteiger charge is -2.13. The molecule has 0 amide bonds. The number of rotatable bonds is 19. The van der Waals surface area contributed by atoms with E-state index in [-0.39, 0.29) is 6.10 Å². The fraction of sp³-hybridized carbons (Fsp3) is 1.00. The van der Waals surface area contributed by atoms with Crippen LogP contribution in [0.4, 0.5) is 0 Å². The molecule has 0 spiro atoms. The Labute approximate surface area is 162 Å². The number of aliphatic hydroxyl groups is 1. The summed E-state index contributed by atoms with van der Waals surface area (Å²) in [6.45, 7) is 4.21. The van der Waals surface area contributed by atoms with Crippen molar-refractivity contribution in [3.8, 4) is 0 Å². The van der Waals surface area contributed by atoms with Gasteiger partial charge in [-0.3, -0.25) is 4.55 Å². The van der Waals surface area contributed by atoms with E-state index in [1.807, 2.05) is 0 Å². The Morgan fingerprint density at radius 3 is 1.46 bits per heavy atom. The standard InChI is InChI=1S/C21H44O4S/c1-3-5-13-18-21(26(23,24)25)19-15-12-10-8-6-7-9-11-14-17-20(22)16-4-2/h20-22H,3-19H2,1-2H3,(H,23,24,25). The molecule has 0 fully saturated rings. The van der Waals surface area contributed by atoms with Gasteiger partial charge >= 0.3 is 0 Å². The summed E-state index contributed by atoms with van der Waals surface area (Å²) < 4.78 is 32.2. The monoisotopic (exact) mass is 392 g/mol. The molecule has 0 aliphatic rings. The van der Waals surface area contributed by atoms with Crippen LogP contribution in [-0.2, 0) is 10.1 Å². The zero-order valence-corrected chi connectivity index (χ0v) is 18.1. The Balaban J connectivity index is 3.53. The van der Waals surface area contributed by atoms with Crippen LogP contribution in [-0.4, -0.2) is 29.4 Å². The molecule has 2 atom stereocenters. The predicted octanol–water partition coefficient (Wildman–Crippen LogP) is 6.28. The third kappa shape index (κ3) is 16.1. The van der Waals surface area contributed by atoms with E-state index in [2.05, 4.69) is 13.8 Å². The van der Waals surface area contributed by atoms with Crippen LogP contribution in [0.3, 0.4) is 0 Å². The molecule has 0 aromatic rings. The van der Waals surface area contributed by atoms with Crippen LogP contribution in [0.1, 0.15) is 123 Å². The second-order valence-electron chi connectivity index (χ2n) is 7.83. The van der Waals surface area contributed by atoms with Crippen LogP contribution < -0.4 is 0 Å². The van der Waals surface area contributed by atoms with Gasteiger partial charge in [-0.2, -0.15) is 8.42 Å². The summed E-state index contributed by atoms with van der Waals surface area (Å²) >= 11 is 0. The van der Waals surface area contributed by atoms with Crippen molar-refractivity contribution in [2.24, 2.45) is 0 Å². The fourth-order valence-corrected chi connectivity index (χ4v) is 4.46. The highest BCUT2D eigenvalue weighted by Gasteiger charge is 2.21. The summed E-state index contributed by atoms with van der Waals surface area (Å²) in [6, 6.07) is 0. The van der Waals surface area contributed by atoms with Crippen LogP contribution in [0.25, 0.3) is 0 Å². The van der Waals surface area contributed by atoms with Crippen LogP contribution >= 0.6 is 0 Å². The first-order chi connectivity index (χ1) is 12.4. The summed E-state index contributed by atoms with van der Waals surface area (Å²) in [6.07, 6.45) is 17.4. The van der Waals surface area contributed by atoms with Gasteiger partial charge < -0.3 is 5.11 Å². The van der Waals surface area contributed by atoms with Crippen molar-refractivity contribution in [1.82, 2.24) is 0 Å². The SMILES string of the molecule is CCCCCC(CCCCCCCCCCCC(O)CCC)S(=O)(=O)O. The molecule has 0 bridgehead atoms. The van der Waals surface area contributed by atoms with Crippen LogP contribution in [0, 0.1) is 0 Å². The van der Waals surface area contributed by atoms with Gasteiger partial charge in [-0.05, 0) is 25.7 Å². The Bertz CT molecular complexity index is 395. The molecule has 2 N–H and O–H groups in total. The van der Waals surface area contributed by atoms with E-state index in [9.17, 15) is 18.1 Å². The van der Waals surface area contributed by atoms with Crippen molar-refractivity contribution >= 4 is 10.1 Å². The molecule has 0 rings (SSSR count). The minimum absolute atomic E-state index is 0.103. The van der Waals surface area contributed by atoms with Gasteiger partial charge in [0.2, 0.25) is 0 Å². The maximum atomic E-state index is 11.4. The van der Waals surface area contributed by atoms with E-state index >= 15 is 0 Å². The van der Waals surface area contributed by atoms with Crippen molar-refractivity contribution in [2.75, 3.05) is 0 Å². The van der Waals surface area contributed by atoms with Gasteiger partial charge in [0, 0.05) is 0 Å². The maximum Gasteiger partial charge on any atom is 0.267 e. The van der Waals surface area contributed by atoms with Crippen molar-refractivity contribution in [3.05, 3.63) is 0 Å². The molecular formula is C21H44O4S. The molecule has 0 aromatic heterocycles. The molecule has 0 aromatic carbocycles. The number of unbranched alkanes of at least 4 members (excludes halogenated alkanes) is 10. The topological polar surface area (TPSA) is 74.6 Å². The van der Waals surface area contributed by atoms with Crippen molar-refractivity contribution in [1.29, 1.82) is 0 Å². The second kappa shape index (κ2) is 17.0. The van der Waals surface area contributed by atoms with Crippen LogP contribution in [0.15, 0.2) is 0 Å². The van der Waals surface area contributed by atoms with Crippen LogP contribution in [0.2, 0.25) is 0 Å². The average Bonchev–Trinajstić information content (AvgIpc) is 2.57. The summed E-state index contributed by atoms with van der Waals surface area (Å²) in [5.74, 6) is 0. The molecule has 26 heavy (non-hydrogen) atoms. The minimum atomic E-state index is -3.88. The minimum Gasteiger partial charge on any atom is -0.393 e. The van der Waals surface area contributed by atoms with E-state index in [4.69, 9.17) is 0 Å². The third-order valence-electron chi connectivity index (χ3n) is 5.24. The smallest absolute Gasteiger partial charge is 0.267 e. The molecule has 0 aliphatic carbocycles. The Morgan fingerprint density at radius 2 is 1.04 bits per heavy atom. The Kier molecular flexibility index (Phi) is 16.9. The van der Waals surface area contributed by atoms with Gasteiger partial charge in [0.15, 0.2) is 0 Å². The Hall–Kier alpha value is -0.130. The molecule has 4 nitrogen and oxygen atoms in total. The van der Waals surface area contributed by atoms with Gasteiger partial charge in [-0.25, -0.2) is 0 Å². The van der Waals surface area contributed by atoms with Crippen molar-refractivity contribution in [2.45, 2.75) is 134 Å². The third-order valence-corrected chi connectivity index (χ3v) is 6.55. The quantitative estimate of drug-likeness (QED) is 0.200. The van der Waals surface area contributed by atoms with E-state index in [0.29, 0.717) is 12.8 Å². The number of hydrogen-bond donors (Lipinski definition) is 2. The summed E-state index contributed by atoms with van der Waals surface area (Å²) in [5, 5.41) is 9.11. The lowest BCUT2D eigenvalue weighted by molar-refractivity contribution is 0.150. The number of aliphatic hydroxyl groups excluding tert-OH is 1. The highest BCUT2D eigenvalue weighted by atomic mass is 32.2. The highest BCUT2D eigenvalue weighted by Crippen LogP contribution is 2.19. The summed E-state index contributed by atoms with van der Waals surface area (Å²) in [5.41, 5.74) is 0. The zero-order valence-electron chi connectivity index (χ0n) is 17.3. The Morgan fingerprint density at radius 1 is 0.615 bits per heavy atom. The van der Waals surface area contributed by atoms with Gasteiger partial charge in [0.05, 0.1) is 11.4 Å². The molecular weight excluding hydrogens is 348 g/mol. The first-order valence-electron chi connectivity index (χ1n) is 11.1. The maximum absolute atomic E-state index is 11.4. The molecule has 5 heteroatoms. The van der Waals surface area contributed by atoms with Crippen LogP contribution in [0.5, 0.6) is 0 Å². The fourth-order valence-electron chi connectivity index (χ4n) is 3.53. The largest absolute Gasteiger partial charge is 0.393 e. The van der Waals surface area contributed by atoms with Crippen molar-refractivity contribution in [3.63, 3.8) is 0 Å². The van der Waals surface area contributed by atoms with E-state index in [1.165, 1.54) is 32.1 Å². The van der Waals surface area contributed by atoms with Gasteiger partial charge in [0.1, 0.15) is 0 Å². The first kappa shape index (κ1) is 25.9. The van der Waals surface area contributed by atoms with Gasteiger partial charge in [-0.1, -0.05) is 97.3 Å². The second-order valence-corrected chi connectivity index (χ2v) is 9.53. The average molecular weight is 393 g/mol. The predicted molar refractivity (Wildman–Crippen MR) is 111 cm³/mol. The molecule has 0 aliphatic heterocycles. The molecule has 0 radical (unpaired) electrons. The molecule has 158 valence electrons.